The smallest absolute Gasteiger partial charge is 0.245 e. The van der Waals surface area contributed by atoms with Crippen molar-refractivity contribution in [2.45, 2.75) is 44.2 Å². The van der Waals surface area contributed by atoms with Gasteiger partial charge in [-0.2, -0.15) is 0 Å². The molecule has 1 aromatic heterocycles. The fourth-order valence-electron chi connectivity index (χ4n) is 1.74. The van der Waals surface area contributed by atoms with E-state index < -0.39 is 10.0 Å². The van der Waals surface area contributed by atoms with Crippen LogP contribution in [0.5, 0.6) is 0 Å². The number of sulfonamides is 1. The molecule has 1 atom stereocenters. The number of rotatable bonds is 10. The van der Waals surface area contributed by atoms with Crippen LogP contribution in [0, 0.1) is 0 Å². The van der Waals surface area contributed by atoms with Crippen molar-refractivity contribution in [3.05, 3.63) is 16.5 Å². The summed E-state index contributed by atoms with van der Waals surface area (Å²) in [5.74, 6) is 0.584. The highest BCUT2D eigenvalue weighted by Crippen LogP contribution is 2.26. The molecule has 1 aromatic rings. The Kier molecular flexibility index (Phi) is 7.89. The van der Waals surface area contributed by atoms with Crippen molar-refractivity contribution in [2.75, 3.05) is 20.3 Å². The second-order valence-corrected chi connectivity index (χ2v) is 7.23. The summed E-state index contributed by atoms with van der Waals surface area (Å²) in [5, 5.41) is 3.17. The molecule has 0 saturated carbocycles. The molecule has 1 heterocycles. The minimum atomic E-state index is -3.60. The van der Waals surface area contributed by atoms with Crippen LogP contribution in [-0.4, -0.2) is 34.7 Å². The minimum Gasteiger partial charge on any atom is -0.452 e. The first-order chi connectivity index (χ1) is 9.90. The molecule has 0 aliphatic heterocycles. The molecule has 0 spiro atoms. The van der Waals surface area contributed by atoms with E-state index in [0.29, 0.717) is 25.3 Å². The molecule has 0 aromatic carbocycles. The van der Waals surface area contributed by atoms with E-state index in [-0.39, 0.29) is 15.6 Å². The third-order valence-electron chi connectivity index (χ3n) is 2.83. The minimum absolute atomic E-state index is 0.125. The third-order valence-corrected chi connectivity index (χ3v) is 5.28. The number of methoxy groups -OCH3 is 1. The molecule has 1 rings (SSSR count). The van der Waals surface area contributed by atoms with Crippen LogP contribution in [0.2, 0.25) is 0 Å². The second-order valence-electron chi connectivity index (χ2n) is 4.83. The van der Waals surface area contributed by atoms with E-state index in [4.69, 9.17) is 9.15 Å². The molecular formula is C13H23BrN2O4S. The summed E-state index contributed by atoms with van der Waals surface area (Å²) in [6.07, 6.45) is 1.61. The van der Waals surface area contributed by atoms with Crippen LogP contribution in [0.3, 0.4) is 0 Å². The Labute approximate surface area is 134 Å². The van der Waals surface area contributed by atoms with Gasteiger partial charge in [0.1, 0.15) is 10.7 Å². The first-order valence-corrected chi connectivity index (χ1v) is 9.18. The summed E-state index contributed by atoms with van der Waals surface area (Å²) < 4.78 is 37.8. The van der Waals surface area contributed by atoms with Crippen molar-refractivity contribution < 1.29 is 17.6 Å². The first-order valence-electron chi connectivity index (χ1n) is 6.91. The van der Waals surface area contributed by atoms with Crippen molar-refractivity contribution in [2.24, 2.45) is 0 Å². The zero-order valence-electron chi connectivity index (χ0n) is 12.6. The Morgan fingerprint density at radius 2 is 2.19 bits per heavy atom. The number of hydrogen-bond donors (Lipinski definition) is 2. The SMILES string of the molecule is CCCNCc1cc(S(=O)(=O)NC(C)CCOC)c(Br)o1. The van der Waals surface area contributed by atoms with Gasteiger partial charge in [0.05, 0.1) is 6.54 Å². The summed E-state index contributed by atoms with van der Waals surface area (Å²) in [6.45, 7) is 5.72. The van der Waals surface area contributed by atoms with E-state index in [0.717, 1.165) is 13.0 Å². The lowest BCUT2D eigenvalue weighted by Gasteiger charge is -2.12. The summed E-state index contributed by atoms with van der Waals surface area (Å²) in [7, 11) is -2.02. The normalized spacial score (nSPS) is 13.5. The second kappa shape index (κ2) is 8.89. The van der Waals surface area contributed by atoms with E-state index in [2.05, 4.69) is 32.9 Å². The quantitative estimate of drug-likeness (QED) is 0.606. The monoisotopic (exact) mass is 382 g/mol. The van der Waals surface area contributed by atoms with Gasteiger partial charge in [-0.25, -0.2) is 13.1 Å². The molecule has 0 fully saturated rings. The maximum atomic E-state index is 12.3. The van der Waals surface area contributed by atoms with Crippen LogP contribution in [0.15, 0.2) is 20.0 Å². The predicted octanol–water partition coefficient (Wildman–Crippen LogP) is 2.25. The number of halogens is 1. The maximum Gasteiger partial charge on any atom is 0.245 e. The Hall–Kier alpha value is -0.410. The molecule has 1 unspecified atom stereocenters. The third kappa shape index (κ3) is 6.07. The van der Waals surface area contributed by atoms with Crippen LogP contribution >= 0.6 is 15.9 Å². The lowest BCUT2D eigenvalue weighted by molar-refractivity contribution is 0.188. The zero-order valence-corrected chi connectivity index (χ0v) is 15.0. The molecule has 0 saturated heterocycles. The molecule has 0 amide bonds. The van der Waals surface area contributed by atoms with Crippen LogP contribution in [0.4, 0.5) is 0 Å². The van der Waals surface area contributed by atoms with Gasteiger partial charge in [0, 0.05) is 25.8 Å². The van der Waals surface area contributed by atoms with Gasteiger partial charge in [-0.3, -0.25) is 0 Å². The summed E-state index contributed by atoms with van der Waals surface area (Å²) >= 11 is 3.17. The van der Waals surface area contributed by atoms with Crippen LogP contribution in [-0.2, 0) is 21.3 Å². The summed E-state index contributed by atoms with van der Waals surface area (Å²) in [6, 6.07) is 1.33. The van der Waals surface area contributed by atoms with E-state index in [1.807, 2.05) is 0 Å². The van der Waals surface area contributed by atoms with Crippen molar-refractivity contribution in [1.82, 2.24) is 10.0 Å². The van der Waals surface area contributed by atoms with Gasteiger partial charge in [-0.15, -0.1) is 0 Å². The van der Waals surface area contributed by atoms with Gasteiger partial charge in [0.2, 0.25) is 10.0 Å². The van der Waals surface area contributed by atoms with Crippen molar-refractivity contribution in [1.29, 1.82) is 0 Å². The summed E-state index contributed by atoms with van der Waals surface area (Å²) in [5.41, 5.74) is 0. The van der Waals surface area contributed by atoms with Gasteiger partial charge in [0.25, 0.3) is 0 Å². The van der Waals surface area contributed by atoms with Crippen molar-refractivity contribution >= 4 is 26.0 Å². The molecule has 0 bridgehead atoms. The van der Waals surface area contributed by atoms with E-state index in [1.165, 1.54) is 6.07 Å². The fraction of sp³-hybridized carbons (Fsp3) is 0.692. The van der Waals surface area contributed by atoms with E-state index in [1.54, 1.807) is 14.0 Å². The fourth-order valence-corrected chi connectivity index (χ4v) is 4.01. The van der Waals surface area contributed by atoms with Crippen LogP contribution in [0.25, 0.3) is 0 Å². The molecule has 21 heavy (non-hydrogen) atoms. The number of ether oxygens (including phenoxy) is 1. The average molecular weight is 383 g/mol. The largest absolute Gasteiger partial charge is 0.452 e. The average Bonchev–Trinajstić information content (AvgIpc) is 2.78. The number of hydrogen-bond acceptors (Lipinski definition) is 5. The topological polar surface area (TPSA) is 80.6 Å². The lowest BCUT2D eigenvalue weighted by Crippen LogP contribution is -2.33. The van der Waals surface area contributed by atoms with E-state index in [9.17, 15) is 8.42 Å². The number of furan rings is 1. The highest BCUT2D eigenvalue weighted by Gasteiger charge is 2.24. The molecule has 8 heteroatoms. The molecule has 122 valence electrons. The Balaban J connectivity index is 2.74. The zero-order chi connectivity index (χ0) is 15.9. The maximum absolute atomic E-state index is 12.3. The van der Waals surface area contributed by atoms with Crippen molar-refractivity contribution in [3.8, 4) is 0 Å². The molecule has 0 aliphatic rings. The van der Waals surface area contributed by atoms with Gasteiger partial charge in [0.15, 0.2) is 4.67 Å². The predicted molar refractivity (Wildman–Crippen MR) is 84.7 cm³/mol. The van der Waals surface area contributed by atoms with Gasteiger partial charge in [-0.05, 0) is 42.2 Å². The molecule has 0 radical (unpaired) electrons. The van der Waals surface area contributed by atoms with E-state index >= 15 is 0 Å². The first kappa shape index (κ1) is 18.6. The van der Waals surface area contributed by atoms with Gasteiger partial charge >= 0.3 is 0 Å². The standard InChI is InChI=1S/C13H23BrN2O4S/c1-4-6-15-9-11-8-12(13(14)20-11)21(17,18)16-10(2)5-7-19-3/h8,10,15-16H,4-7,9H2,1-3H3. The van der Waals surface area contributed by atoms with Crippen LogP contribution < -0.4 is 10.0 Å². The molecule has 0 aliphatic carbocycles. The lowest BCUT2D eigenvalue weighted by atomic mass is 10.3. The Morgan fingerprint density at radius 3 is 2.81 bits per heavy atom. The molecule has 2 N–H and O–H groups in total. The Bertz CT molecular complexity index is 530. The van der Waals surface area contributed by atoms with Gasteiger partial charge < -0.3 is 14.5 Å². The molecule has 6 nitrogen and oxygen atoms in total. The molecular weight excluding hydrogens is 360 g/mol. The van der Waals surface area contributed by atoms with Crippen molar-refractivity contribution in [3.63, 3.8) is 0 Å². The summed E-state index contributed by atoms with van der Waals surface area (Å²) in [4.78, 5) is 0.125. The van der Waals surface area contributed by atoms with Gasteiger partial charge in [-0.1, -0.05) is 6.92 Å². The highest BCUT2D eigenvalue weighted by atomic mass is 79.9. The highest BCUT2D eigenvalue weighted by molar-refractivity contribution is 9.10. The Morgan fingerprint density at radius 1 is 1.48 bits per heavy atom. The van der Waals surface area contributed by atoms with Crippen LogP contribution in [0.1, 0.15) is 32.4 Å². The number of nitrogens with one attached hydrogen (secondary N) is 2.